The molecule has 0 radical (unpaired) electrons. The molecule has 1 atom stereocenters. The van der Waals surface area contributed by atoms with Crippen LogP contribution in [0.2, 0.25) is 5.02 Å². The van der Waals surface area contributed by atoms with E-state index in [1.165, 1.54) is 6.07 Å². The Morgan fingerprint density at radius 2 is 1.94 bits per heavy atom. The molecule has 1 aromatic carbocycles. The highest BCUT2D eigenvalue weighted by Gasteiger charge is 2.27. The van der Waals surface area contributed by atoms with Crippen molar-refractivity contribution in [3.05, 3.63) is 34.1 Å². The number of benzene rings is 1. The number of aryl methyl sites for hydroxylation is 1. The van der Waals surface area contributed by atoms with Gasteiger partial charge in [-0.2, -0.15) is 0 Å². The molecule has 0 fully saturated rings. The quantitative estimate of drug-likeness (QED) is 0.823. The van der Waals surface area contributed by atoms with Crippen LogP contribution in [-0.4, -0.2) is 6.54 Å². The zero-order valence-corrected chi connectivity index (χ0v) is 12.7. The lowest BCUT2D eigenvalue weighted by Gasteiger charge is -2.33. The van der Waals surface area contributed by atoms with E-state index in [1.54, 1.807) is 6.92 Å². The van der Waals surface area contributed by atoms with Gasteiger partial charge in [0.15, 0.2) is 0 Å². The molecule has 1 N–H and O–H groups in total. The van der Waals surface area contributed by atoms with Crippen LogP contribution in [0.3, 0.4) is 0 Å². The molecule has 102 valence electrons. The maximum atomic E-state index is 13.5. The fraction of sp³-hybridized carbons (Fsp3) is 0.600. The Morgan fingerprint density at radius 3 is 2.44 bits per heavy atom. The number of nitrogens with one attached hydrogen (secondary N) is 1. The van der Waals surface area contributed by atoms with Gasteiger partial charge in [-0.05, 0) is 42.5 Å². The van der Waals surface area contributed by atoms with Crippen LogP contribution in [0.1, 0.15) is 51.3 Å². The van der Waals surface area contributed by atoms with Gasteiger partial charge >= 0.3 is 0 Å². The third-order valence-corrected chi connectivity index (χ3v) is 3.38. The Bertz CT molecular complexity index is 410. The topological polar surface area (TPSA) is 12.0 Å². The minimum absolute atomic E-state index is 0.0308. The van der Waals surface area contributed by atoms with Crippen molar-refractivity contribution in [1.29, 1.82) is 0 Å². The van der Waals surface area contributed by atoms with Crippen molar-refractivity contribution in [2.45, 2.75) is 47.1 Å². The second-order valence-electron chi connectivity index (χ2n) is 5.88. The highest BCUT2D eigenvalue weighted by molar-refractivity contribution is 6.31. The van der Waals surface area contributed by atoms with Crippen molar-refractivity contribution >= 4 is 11.6 Å². The fourth-order valence-corrected chi connectivity index (χ4v) is 2.33. The Morgan fingerprint density at radius 1 is 1.33 bits per heavy atom. The number of hydrogen-bond acceptors (Lipinski definition) is 1. The molecule has 0 aromatic heterocycles. The van der Waals surface area contributed by atoms with Crippen LogP contribution in [0.15, 0.2) is 12.1 Å². The van der Waals surface area contributed by atoms with Crippen LogP contribution in [0.25, 0.3) is 0 Å². The van der Waals surface area contributed by atoms with E-state index in [-0.39, 0.29) is 17.3 Å². The largest absolute Gasteiger partial charge is 0.309 e. The van der Waals surface area contributed by atoms with Gasteiger partial charge in [0.25, 0.3) is 0 Å². The highest BCUT2D eigenvalue weighted by Crippen LogP contribution is 2.37. The van der Waals surface area contributed by atoms with Gasteiger partial charge in [-0.15, -0.1) is 0 Å². The first-order valence-electron chi connectivity index (χ1n) is 6.46. The summed E-state index contributed by atoms with van der Waals surface area (Å²) in [6, 6.07) is 3.40. The summed E-state index contributed by atoms with van der Waals surface area (Å²) in [5.74, 6) is -0.244. The maximum absolute atomic E-state index is 13.5. The van der Waals surface area contributed by atoms with Crippen LogP contribution in [-0.2, 0) is 0 Å². The second kappa shape index (κ2) is 6.03. The molecule has 3 heteroatoms. The number of hydrogen-bond donors (Lipinski definition) is 1. The monoisotopic (exact) mass is 271 g/mol. The van der Waals surface area contributed by atoms with Crippen molar-refractivity contribution in [2.75, 3.05) is 6.54 Å². The van der Waals surface area contributed by atoms with E-state index in [9.17, 15) is 4.39 Å². The van der Waals surface area contributed by atoms with E-state index in [2.05, 4.69) is 33.0 Å². The molecule has 0 aliphatic heterocycles. The average Bonchev–Trinajstić information content (AvgIpc) is 2.24. The van der Waals surface area contributed by atoms with Gasteiger partial charge in [0.1, 0.15) is 5.82 Å². The van der Waals surface area contributed by atoms with Gasteiger partial charge in [-0.25, -0.2) is 4.39 Å². The lowest BCUT2D eigenvalue weighted by Crippen LogP contribution is -2.33. The summed E-state index contributed by atoms with van der Waals surface area (Å²) in [4.78, 5) is 0. The molecule has 0 aliphatic carbocycles. The minimum Gasteiger partial charge on any atom is -0.309 e. The molecule has 0 bridgehead atoms. The van der Waals surface area contributed by atoms with Gasteiger partial charge in [-0.3, -0.25) is 0 Å². The molecule has 1 aromatic rings. The number of halogens is 2. The van der Waals surface area contributed by atoms with Crippen LogP contribution in [0.5, 0.6) is 0 Å². The Balaban J connectivity index is 3.16. The SMILES string of the molecule is CCCNC(c1cc(C)c(F)cc1Cl)C(C)(C)C. The molecule has 0 saturated heterocycles. The third-order valence-electron chi connectivity index (χ3n) is 3.05. The van der Waals surface area contributed by atoms with Crippen molar-refractivity contribution in [3.8, 4) is 0 Å². The summed E-state index contributed by atoms with van der Waals surface area (Å²) < 4.78 is 13.5. The standard InChI is InChI=1S/C15H23ClFN/c1-6-7-18-14(15(3,4)5)11-8-10(2)13(17)9-12(11)16/h8-9,14,18H,6-7H2,1-5H3. The highest BCUT2D eigenvalue weighted by atomic mass is 35.5. The minimum atomic E-state index is -0.244. The summed E-state index contributed by atoms with van der Waals surface area (Å²) in [5.41, 5.74) is 1.65. The lowest BCUT2D eigenvalue weighted by molar-refractivity contribution is 0.273. The van der Waals surface area contributed by atoms with E-state index in [0.29, 0.717) is 10.6 Å². The molecule has 1 rings (SSSR count). The first kappa shape index (κ1) is 15.5. The van der Waals surface area contributed by atoms with Crippen molar-refractivity contribution in [1.82, 2.24) is 5.32 Å². The summed E-state index contributed by atoms with van der Waals surface area (Å²) in [7, 11) is 0. The Labute approximate surface area is 115 Å². The summed E-state index contributed by atoms with van der Waals surface area (Å²) >= 11 is 6.20. The van der Waals surface area contributed by atoms with Crippen molar-refractivity contribution < 1.29 is 4.39 Å². The van der Waals surface area contributed by atoms with Crippen LogP contribution in [0.4, 0.5) is 4.39 Å². The molecule has 0 aliphatic rings. The van der Waals surface area contributed by atoms with Gasteiger partial charge in [0.05, 0.1) is 0 Å². The molecule has 0 amide bonds. The molecule has 1 unspecified atom stereocenters. The maximum Gasteiger partial charge on any atom is 0.127 e. The molecule has 18 heavy (non-hydrogen) atoms. The zero-order chi connectivity index (χ0) is 13.9. The van der Waals surface area contributed by atoms with E-state index in [1.807, 2.05) is 6.07 Å². The summed E-state index contributed by atoms with van der Waals surface area (Å²) in [6.07, 6.45) is 1.06. The van der Waals surface area contributed by atoms with Gasteiger partial charge in [0.2, 0.25) is 0 Å². The predicted molar refractivity (Wildman–Crippen MR) is 76.6 cm³/mol. The molecule has 0 spiro atoms. The third kappa shape index (κ3) is 3.69. The normalized spacial score (nSPS) is 13.7. The first-order chi connectivity index (χ1) is 8.27. The van der Waals surface area contributed by atoms with E-state index in [0.717, 1.165) is 18.5 Å². The van der Waals surface area contributed by atoms with Crippen LogP contribution >= 0.6 is 11.6 Å². The van der Waals surface area contributed by atoms with E-state index >= 15 is 0 Å². The van der Waals surface area contributed by atoms with Gasteiger partial charge in [0, 0.05) is 11.1 Å². The lowest BCUT2D eigenvalue weighted by atomic mass is 9.82. The summed E-state index contributed by atoms with van der Waals surface area (Å²) in [5, 5.41) is 4.01. The van der Waals surface area contributed by atoms with Crippen molar-refractivity contribution in [2.24, 2.45) is 5.41 Å². The van der Waals surface area contributed by atoms with Crippen molar-refractivity contribution in [3.63, 3.8) is 0 Å². The molecule has 0 saturated carbocycles. The molecule has 1 nitrogen and oxygen atoms in total. The average molecular weight is 272 g/mol. The van der Waals surface area contributed by atoms with Gasteiger partial charge < -0.3 is 5.32 Å². The smallest absolute Gasteiger partial charge is 0.127 e. The Kier molecular flexibility index (Phi) is 5.18. The van der Waals surface area contributed by atoms with Crippen LogP contribution < -0.4 is 5.32 Å². The molecular formula is C15H23ClFN. The van der Waals surface area contributed by atoms with E-state index < -0.39 is 0 Å². The molecule has 0 heterocycles. The van der Waals surface area contributed by atoms with E-state index in [4.69, 9.17) is 11.6 Å². The second-order valence-corrected chi connectivity index (χ2v) is 6.28. The zero-order valence-electron chi connectivity index (χ0n) is 11.9. The molecular weight excluding hydrogens is 249 g/mol. The fourth-order valence-electron chi connectivity index (χ4n) is 2.07. The van der Waals surface area contributed by atoms with Gasteiger partial charge in [-0.1, -0.05) is 45.4 Å². The first-order valence-corrected chi connectivity index (χ1v) is 6.84. The number of rotatable bonds is 4. The predicted octanol–water partition coefficient (Wildman–Crippen LogP) is 4.87. The summed E-state index contributed by atoms with van der Waals surface area (Å²) in [6.45, 7) is 11.3. The Hall–Kier alpha value is -0.600. The van der Waals surface area contributed by atoms with Crippen LogP contribution in [0, 0.1) is 18.2 Å².